The maximum atomic E-state index is 12.1. The number of rotatable bonds is 8. The molecule has 8 heteroatoms. The van der Waals surface area contributed by atoms with Gasteiger partial charge >= 0.3 is 5.97 Å². The van der Waals surface area contributed by atoms with Gasteiger partial charge in [0.25, 0.3) is 0 Å². The van der Waals surface area contributed by atoms with E-state index in [1.54, 1.807) is 12.1 Å². The van der Waals surface area contributed by atoms with E-state index in [0.717, 1.165) is 71.4 Å². The molecule has 0 aliphatic carbocycles. The quantitative estimate of drug-likeness (QED) is 0.610. The molecular weight excluding hydrogens is 372 g/mol. The topological polar surface area (TPSA) is 60.5 Å². The van der Waals surface area contributed by atoms with E-state index >= 15 is 0 Å². The van der Waals surface area contributed by atoms with Crippen LogP contribution in [-0.4, -0.2) is 94.7 Å². The lowest BCUT2D eigenvalue weighted by Crippen LogP contribution is -2.38. The highest BCUT2D eigenvalue weighted by Gasteiger charge is 2.13. The van der Waals surface area contributed by atoms with Gasteiger partial charge in [0.1, 0.15) is 19.0 Å². The van der Waals surface area contributed by atoms with Gasteiger partial charge in [-0.3, -0.25) is 9.80 Å². The van der Waals surface area contributed by atoms with Crippen LogP contribution >= 0.6 is 12.4 Å². The molecule has 2 saturated heterocycles. The Hall–Kier alpha value is -1.38. The predicted molar refractivity (Wildman–Crippen MR) is 104 cm³/mol. The third kappa shape index (κ3) is 7.63. The highest BCUT2D eigenvalue weighted by Crippen LogP contribution is 2.13. The third-order valence-corrected chi connectivity index (χ3v) is 4.61. The first-order chi connectivity index (χ1) is 12.8. The lowest BCUT2D eigenvalue weighted by atomic mass is 10.2. The lowest BCUT2D eigenvalue weighted by Gasteiger charge is -2.26. The molecule has 0 N–H and O–H groups in total. The molecular formula is C19H29ClN2O5. The second kappa shape index (κ2) is 12.2. The van der Waals surface area contributed by atoms with Crippen molar-refractivity contribution in [2.75, 3.05) is 78.9 Å². The minimum Gasteiger partial charge on any atom is -0.492 e. The highest BCUT2D eigenvalue weighted by atomic mass is 35.5. The number of morpholine rings is 2. The van der Waals surface area contributed by atoms with Crippen molar-refractivity contribution in [3.63, 3.8) is 0 Å². The molecule has 2 fully saturated rings. The molecule has 3 rings (SSSR count). The number of nitrogens with zero attached hydrogens (tertiary/aromatic N) is 2. The van der Waals surface area contributed by atoms with Crippen molar-refractivity contribution in [1.82, 2.24) is 9.80 Å². The van der Waals surface area contributed by atoms with Crippen molar-refractivity contribution < 1.29 is 23.7 Å². The molecule has 7 nitrogen and oxygen atoms in total. The molecule has 152 valence electrons. The van der Waals surface area contributed by atoms with Crippen LogP contribution < -0.4 is 4.74 Å². The van der Waals surface area contributed by atoms with Gasteiger partial charge in [0.15, 0.2) is 0 Å². The molecule has 0 bridgehead atoms. The van der Waals surface area contributed by atoms with E-state index in [9.17, 15) is 4.79 Å². The monoisotopic (exact) mass is 400 g/mol. The van der Waals surface area contributed by atoms with Crippen LogP contribution in [0.1, 0.15) is 10.4 Å². The summed E-state index contributed by atoms with van der Waals surface area (Å²) >= 11 is 0. The van der Waals surface area contributed by atoms with Crippen LogP contribution in [0.4, 0.5) is 0 Å². The van der Waals surface area contributed by atoms with Gasteiger partial charge in [0, 0.05) is 39.3 Å². The van der Waals surface area contributed by atoms with Crippen LogP contribution in [0.5, 0.6) is 5.75 Å². The van der Waals surface area contributed by atoms with Crippen molar-refractivity contribution >= 4 is 18.4 Å². The van der Waals surface area contributed by atoms with Gasteiger partial charge in [0.2, 0.25) is 0 Å². The summed E-state index contributed by atoms with van der Waals surface area (Å²) < 4.78 is 21.7. The Bertz CT molecular complexity index is 546. The average Bonchev–Trinajstić information content (AvgIpc) is 2.70. The number of carbonyl (C=O) groups is 1. The number of benzene rings is 1. The first-order valence-corrected chi connectivity index (χ1v) is 9.31. The second-order valence-electron chi connectivity index (χ2n) is 6.42. The summed E-state index contributed by atoms with van der Waals surface area (Å²) in [5.41, 5.74) is 0.549. The number of esters is 1. The summed E-state index contributed by atoms with van der Waals surface area (Å²) in [6.45, 7) is 9.46. The second-order valence-corrected chi connectivity index (χ2v) is 6.42. The summed E-state index contributed by atoms with van der Waals surface area (Å²) in [4.78, 5) is 16.7. The minimum absolute atomic E-state index is 0. The molecule has 0 saturated carbocycles. The molecule has 27 heavy (non-hydrogen) atoms. The standard InChI is InChI=1S/C19H28N2O5.ClH/c22-19(26-16-10-21-7-13-24-14-8-21)17-1-3-18(4-2-17)25-15-9-20-5-11-23-12-6-20;/h1-4H,5-16H2;1H. The molecule has 2 aliphatic heterocycles. The van der Waals surface area contributed by atoms with Gasteiger partial charge in [-0.2, -0.15) is 0 Å². The fourth-order valence-electron chi connectivity index (χ4n) is 2.98. The number of halogens is 1. The van der Waals surface area contributed by atoms with Crippen molar-refractivity contribution in [3.05, 3.63) is 29.8 Å². The number of hydrogen-bond acceptors (Lipinski definition) is 7. The first-order valence-electron chi connectivity index (χ1n) is 9.31. The van der Waals surface area contributed by atoms with Crippen molar-refractivity contribution in [3.8, 4) is 5.75 Å². The van der Waals surface area contributed by atoms with Gasteiger partial charge in [-0.1, -0.05) is 0 Å². The Morgan fingerprint density at radius 3 is 1.93 bits per heavy atom. The van der Waals surface area contributed by atoms with Crippen LogP contribution in [0.15, 0.2) is 24.3 Å². The van der Waals surface area contributed by atoms with E-state index in [-0.39, 0.29) is 18.4 Å². The van der Waals surface area contributed by atoms with E-state index in [4.69, 9.17) is 18.9 Å². The van der Waals surface area contributed by atoms with Crippen LogP contribution in [-0.2, 0) is 14.2 Å². The summed E-state index contributed by atoms with van der Waals surface area (Å²) in [7, 11) is 0. The molecule has 0 unspecified atom stereocenters. The Kier molecular flexibility index (Phi) is 9.86. The molecule has 0 aromatic heterocycles. The molecule has 2 heterocycles. The summed E-state index contributed by atoms with van der Waals surface area (Å²) in [6.07, 6.45) is 0. The number of ether oxygens (including phenoxy) is 4. The lowest BCUT2D eigenvalue weighted by molar-refractivity contribution is 0.0195. The van der Waals surface area contributed by atoms with Crippen LogP contribution in [0.2, 0.25) is 0 Å². The Labute approximate surface area is 166 Å². The number of carbonyl (C=O) groups excluding carboxylic acids is 1. The zero-order valence-electron chi connectivity index (χ0n) is 15.6. The summed E-state index contributed by atoms with van der Waals surface area (Å²) in [5, 5.41) is 0. The predicted octanol–water partition coefficient (Wildman–Crippen LogP) is 1.31. The zero-order chi connectivity index (χ0) is 18.0. The van der Waals surface area contributed by atoms with Gasteiger partial charge in [-0.25, -0.2) is 4.79 Å². The molecule has 2 aliphatic rings. The molecule has 1 aromatic rings. The highest BCUT2D eigenvalue weighted by molar-refractivity contribution is 5.89. The third-order valence-electron chi connectivity index (χ3n) is 4.61. The molecule has 1 aromatic carbocycles. The van der Waals surface area contributed by atoms with Crippen LogP contribution in [0.3, 0.4) is 0 Å². The zero-order valence-corrected chi connectivity index (χ0v) is 16.5. The van der Waals surface area contributed by atoms with Crippen LogP contribution in [0, 0.1) is 0 Å². The fraction of sp³-hybridized carbons (Fsp3) is 0.632. The van der Waals surface area contributed by atoms with E-state index < -0.39 is 0 Å². The van der Waals surface area contributed by atoms with E-state index in [2.05, 4.69) is 9.80 Å². The summed E-state index contributed by atoms with van der Waals surface area (Å²) in [6, 6.07) is 7.14. The molecule has 0 spiro atoms. The van der Waals surface area contributed by atoms with Gasteiger partial charge in [-0.05, 0) is 24.3 Å². The van der Waals surface area contributed by atoms with Crippen molar-refractivity contribution in [2.45, 2.75) is 0 Å². The average molecular weight is 401 g/mol. The van der Waals surface area contributed by atoms with E-state index in [1.807, 2.05) is 12.1 Å². The summed E-state index contributed by atoms with van der Waals surface area (Å²) in [5.74, 6) is 0.473. The fourth-order valence-corrected chi connectivity index (χ4v) is 2.98. The first kappa shape index (κ1) is 21.9. The van der Waals surface area contributed by atoms with Crippen molar-refractivity contribution in [2.24, 2.45) is 0 Å². The Morgan fingerprint density at radius 2 is 1.37 bits per heavy atom. The smallest absolute Gasteiger partial charge is 0.338 e. The molecule has 0 amide bonds. The normalized spacial score (nSPS) is 18.5. The number of hydrogen-bond donors (Lipinski definition) is 0. The van der Waals surface area contributed by atoms with Gasteiger partial charge in [-0.15, -0.1) is 12.4 Å². The molecule has 0 atom stereocenters. The largest absolute Gasteiger partial charge is 0.492 e. The van der Waals surface area contributed by atoms with Crippen LogP contribution in [0.25, 0.3) is 0 Å². The molecule has 0 radical (unpaired) electrons. The van der Waals surface area contributed by atoms with E-state index in [0.29, 0.717) is 18.8 Å². The maximum Gasteiger partial charge on any atom is 0.338 e. The van der Waals surface area contributed by atoms with E-state index in [1.165, 1.54) is 0 Å². The van der Waals surface area contributed by atoms with Gasteiger partial charge < -0.3 is 18.9 Å². The SMILES string of the molecule is Cl.O=C(OCCN1CCOCC1)c1ccc(OCCN2CCOCC2)cc1. The van der Waals surface area contributed by atoms with Gasteiger partial charge in [0.05, 0.1) is 32.0 Å². The van der Waals surface area contributed by atoms with Crippen molar-refractivity contribution in [1.29, 1.82) is 0 Å². The Morgan fingerprint density at radius 1 is 0.852 bits per heavy atom. The Balaban J connectivity index is 0.00000261. The maximum absolute atomic E-state index is 12.1. The minimum atomic E-state index is -0.293.